The molecule has 9 heteroatoms. The van der Waals surface area contributed by atoms with Crippen LogP contribution < -0.4 is 4.74 Å². The van der Waals surface area contributed by atoms with Crippen LogP contribution in [0, 0.1) is 17.0 Å². The van der Waals surface area contributed by atoms with Crippen LogP contribution in [0.2, 0.25) is 0 Å². The standard InChI is InChI=1S/C11H8N6O3/c1-7-2-3-8(17(18)19)9(6-7)20-11-5-4-10-12-14-15-16(10)13-11/h2-6H,1H3. The van der Waals surface area contributed by atoms with Gasteiger partial charge >= 0.3 is 5.69 Å². The quantitative estimate of drug-likeness (QED) is 0.525. The largest absolute Gasteiger partial charge is 0.430 e. The molecule has 1 aromatic carbocycles. The molecule has 0 amide bonds. The van der Waals surface area contributed by atoms with Crippen molar-refractivity contribution in [2.24, 2.45) is 0 Å². The van der Waals surface area contributed by atoms with E-state index in [1.165, 1.54) is 16.8 Å². The molecule has 0 aliphatic heterocycles. The van der Waals surface area contributed by atoms with Gasteiger partial charge in [-0.25, -0.2) is 0 Å². The van der Waals surface area contributed by atoms with Crippen LogP contribution in [-0.2, 0) is 0 Å². The number of aromatic nitrogens is 5. The first-order valence-electron chi connectivity index (χ1n) is 5.62. The van der Waals surface area contributed by atoms with Crippen molar-refractivity contribution in [1.29, 1.82) is 0 Å². The highest BCUT2D eigenvalue weighted by atomic mass is 16.6. The fourth-order valence-corrected chi connectivity index (χ4v) is 1.65. The van der Waals surface area contributed by atoms with E-state index in [0.29, 0.717) is 5.65 Å². The molecule has 0 spiro atoms. The highest BCUT2D eigenvalue weighted by Crippen LogP contribution is 2.31. The maximum absolute atomic E-state index is 11.0. The van der Waals surface area contributed by atoms with Gasteiger partial charge in [-0.1, -0.05) is 6.07 Å². The predicted octanol–water partition coefficient (Wildman–Crippen LogP) is 1.53. The summed E-state index contributed by atoms with van der Waals surface area (Å²) < 4.78 is 6.64. The Morgan fingerprint density at radius 1 is 1.30 bits per heavy atom. The second-order valence-corrected chi connectivity index (χ2v) is 4.03. The summed E-state index contributed by atoms with van der Waals surface area (Å²) in [6, 6.07) is 7.74. The van der Waals surface area contributed by atoms with Crippen LogP contribution >= 0.6 is 0 Å². The zero-order chi connectivity index (χ0) is 14.1. The van der Waals surface area contributed by atoms with Crippen molar-refractivity contribution in [3.05, 3.63) is 46.0 Å². The van der Waals surface area contributed by atoms with Gasteiger partial charge in [-0.2, -0.15) is 0 Å². The van der Waals surface area contributed by atoms with Crippen LogP contribution in [0.4, 0.5) is 5.69 Å². The third-order valence-electron chi connectivity index (χ3n) is 2.57. The molecule has 20 heavy (non-hydrogen) atoms. The van der Waals surface area contributed by atoms with Crippen molar-refractivity contribution in [3.63, 3.8) is 0 Å². The lowest BCUT2D eigenvalue weighted by atomic mass is 10.2. The molecular weight excluding hydrogens is 264 g/mol. The number of rotatable bonds is 3. The first kappa shape index (κ1) is 12.0. The molecule has 0 atom stereocenters. The van der Waals surface area contributed by atoms with Gasteiger partial charge in [0.25, 0.3) is 0 Å². The zero-order valence-electron chi connectivity index (χ0n) is 10.3. The summed E-state index contributed by atoms with van der Waals surface area (Å²) in [4.78, 5) is 10.5. The van der Waals surface area contributed by atoms with E-state index in [2.05, 4.69) is 20.6 Å². The van der Waals surface area contributed by atoms with E-state index < -0.39 is 4.92 Å². The number of ether oxygens (including phenoxy) is 1. The first-order valence-corrected chi connectivity index (χ1v) is 5.62. The van der Waals surface area contributed by atoms with Gasteiger partial charge in [-0.3, -0.25) is 10.1 Å². The number of hydrogen-bond acceptors (Lipinski definition) is 7. The highest BCUT2D eigenvalue weighted by molar-refractivity contribution is 5.49. The number of hydrogen-bond donors (Lipinski definition) is 0. The minimum Gasteiger partial charge on any atom is -0.430 e. The van der Waals surface area contributed by atoms with Crippen molar-refractivity contribution in [3.8, 4) is 11.6 Å². The van der Waals surface area contributed by atoms with E-state index in [4.69, 9.17) is 4.74 Å². The van der Waals surface area contributed by atoms with Crippen LogP contribution in [0.1, 0.15) is 5.56 Å². The SMILES string of the molecule is Cc1ccc([N+](=O)[O-])c(Oc2ccc3nnnn3n2)c1. The smallest absolute Gasteiger partial charge is 0.311 e. The van der Waals surface area contributed by atoms with Gasteiger partial charge in [0.15, 0.2) is 5.65 Å². The van der Waals surface area contributed by atoms with Gasteiger partial charge in [-0.15, -0.1) is 14.8 Å². The van der Waals surface area contributed by atoms with Crippen LogP contribution in [0.15, 0.2) is 30.3 Å². The van der Waals surface area contributed by atoms with Crippen LogP contribution in [-0.4, -0.2) is 30.2 Å². The summed E-state index contributed by atoms with van der Waals surface area (Å²) in [5.41, 5.74) is 1.17. The van der Waals surface area contributed by atoms with Gasteiger partial charge in [0, 0.05) is 12.1 Å². The third-order valence-corrected chi connectivity index (χ3v) is 2.57. The number of nitro groups is 1. The van der Waals surface area contributed by atoms with E-state index in [0.717, 1.165) is 5.56 Å². The minimum absolute atomic E-state index is 0.120. The first-order chi connectivity index (χ1) is 9.63. The predicted molar refractivity (Wildman–Crippen MR) is 66.5 cm³/mol. The van der Waals surface area contributed by atoms with Crippen molar-refractivity contribution >= 4 is 11.3 Å². The van der Waals surface area contributed by atoms with E-state index in [-0.39, 0.29) is 17.3 Å². The van der Waals surface area contributed by atoms with E-state index >= 15 is 0 Å². The van der Waals surface area contributed by atoms with Gasteiger partial charge in [0.1, 0.15) is 0 Å². The average molecular weight is 272 g/mol. The number of nitro benzene ring substituents is 1. The van der Waals surface area contributed by atoms with Gasteiger partial charge in [-0.05, 0) is 35.0 Å². The lowest BCUT2D eigenvalue weighted by molar-refractivity contribution is -0.385. The lowest BCUT2D eigenvalue weighted by Crippen LogP contribution is -1.99. The molecule has 3 rings (SSSR count). The van der Waals surface area contributed by atoms with Gasteiger partial charge < -0.3 is 4.74 Å². The molecule has 100 valence electrons. The minimum atomic E-state index is -0.510. The number of benzene rings is 1. The number of tetrazole rings is 1. The van der Waals surface area contributed by atoms with Crippen LogP contribution in [0.25, 0.3) is 5.65 Å². The molecule has 9 nitrogen and oxygen atoms in total. The molecule has 2 aromatic heterocycles. The van der Waals surface area contributed by atoms with E-state index in [1.807, 2.05) is 6.92 Å². The van der Waals surface area contributed by atoms with E-state index in [1.54, 1.807) is 18.2 Å². The summed E-state index contributed by atoms with van der Waals surface area (Å²) in [6.45, 7) is 1.81. The molecular formula is C11H8N6O3. The van der Waals surface area contributed by atoms with Crippen molar-refractivity contribution in [2.75, 3.05) is 0 Å². The van der Waals surface area contributed by atoms with Gasteiger partial charge in [0.2, 0.25) is 11.6 Å². The van der Waals surface area contributed by atoms with Crippen molar-refractivity contribution in [2.45, 2.75) is 6.92 Å². The molecule has 0 aliphatic carbocycles. The summed E-state index contributed by atoms with van der Waals surface area (Å²) in [5.74, 6) is 0.286. The highest BCUT2D eigenvalue weighted by Gasteiger charge is 2.16. The molecule has 0 fully saturated rings. The zero-order valence-corrected chi connectivity index (χ0v) is 10.3. The maximum Gasteiger partial charge on any atom is 0.311 e. The lowest BCUT2D eigenvalue weighted by Gasteiger charge is -2.05. The molecule has 3 aromatic rings. The second kappa shape index (κ2) is 4.53. The monoisotopic (exact) mass is 272 g/mol. The summed E-state index contributed by atoms with van der Waals surface area (Å²) in [7, 11) is 0. The normalized spacial score (nSPS) is 10.7. The van der Waals surface area contributed by atoms with Crippen LogP contribution in [0.5, 0.6) is 11.6 Å². The van der Waals surface area contributed by atoms with Gasteiger partial charge in [0.05, 0.1) is 4.92 Å². The Labute approximate surface area is 111 Å². The second-order valence-electron chi connectivity index (χ2n) is 4.03. The summed E-state index contributed by atoms with van der Waals surface area (Å²) >= 11 is 0. The molecule has 0 aliphatic rings. The third kappa shape index (κ3) is 2.11. The summed E-state index contributed by atoms with van der Waals surface area (Å²) in [6.07, 6.45) is 0. The molecule has 0 saturated heterocycles. The fraction of sp³-hybridized carbons (Fsp3) is 0.0909. The number of fused-ring (bicyclic) bond motifs is 1. The molecule has 0 unspecified atom stereocenters. The van der Waals surface area contributed by atoms with Crippen LogP contribution in [0.3, 0.4) is 0 Å². The van der Waals surface area contributed by atoms with E-state index in [9.17, 15) is 10.1 Å². The molecule has 0 saturated carbocycles. The Hall–Kier alpha value is -3.10. The number of aryl methyl sites for hydroxylation is 1. The van der Waals surface area contributed by atoms with Crippen molar-refractivity contribution in [1.82, 2.24) is 25.3 Å². The fourth-order valence-electron chi connectivity index (χ4n) is 1.65. The topological polar surface area (TPSA) is 108 Å². The molecule has 0 N–H and O–H groups in total. The Morgan fingerprint density at radius 3 is 2.95 bits per heavy atom. The maximum atomic E-state index is 11.0. The summed E-state index contributed by atoms with van der Waals surface area (Å²) in [5, 5.41) is 25.7. The molecule has 0 radical (unpaired) electrons. The Bertz CT molecular complexity index is 800. The number of nitrogens with zero attached hydrogens (tertiary/aromatic N) is 6. The average Bonchev–Trinajstić information content (AvgIpc) is 2.85. The Balaban J connectivity index is 2.01. The Kier molecular flexibility index (Phi) is 2.71. The molecule has 2 heterocycles. The molecule has 0 bridgehead atoms. The van der Waals surface area contributed by atoms with Crippen molar-refractivity contribution < 1.29 is 9.66 Å². The Morgan fingerprint density at radius 2 is 2.15 bits per heavy atom.